The lowest BCUT2D eigenvalue weighted by atomic mass is 10.1. The third kappa shape index (κ3) is 3.77. The minimum atomic E-state index is -1.22. The average Bonchev–Trinajstić information content (AvgIpc) is 2.69. The number of aromatic nitrogens is 2. The van der Waals surface area contributed by atoms with Crippen molar-refractivity contribution in [3.63, 3.8) is 0 Å². The molecule has 0 saturated carbocycles. The summed E-state index contributed by atoms with van der Waals surface area (Å²) in [5.41, 5.74) is 5.36. The van der Waals surface area contributed by atoms with Crippen LogP contribution in [0.2, 0.25) is 0 Å². The zero-order valence-corrected chi connectivity index (χ0v) is 10.4. The maximum absolute atomic E-state index is 11.7. The molecule has 1 atom stereocenters. The molecule has 0 aliphatic rings. The zero-order chi connectivity index (χ0) is 13.7. The molecular weight excluding hydrogens is 260 g/mol. The Morgan fingerprint density at radius 3 is 2.61 bits per heavy atom. The lowest BCUT2D eigenvalue weighted by Gasteiger charge is -2.12. The Balaban J connectivity index is 2.67. The van der Waals surface area contributed by atoms with E-state index < -0.39 is 23.8 Å². The summed E-state index contributed by atoms with van der Waals surface area (Å²) in [7, 11) is 0. The third-order valence-corrected chi connectivity index (χ3v) is 2.97. The summed E-state index contributed by atoms with van der Waals surface area (Å²) >= 11 is 0.878. The molecule has 0 aromatic carbocycles. The molecule has 0 bridgehead atoms. The smallest absolute Gasteiger partial charge is 0.326 e. The summed E-state index contributed by atoms with van der Waals surface area (Å²) < 4.78 is 3.58. The molecule has 98 valence electrons. The maximum atomic E-state index is 11.7. The molecule has 0 fully saturated rings. The standard InChI is InChI=1S/C9H12N4O4S/c1-4-7(18-13-12-4)8(15)11-5(9(16)17)2-3-6(10)14/h5H,2-3H2,1H3,(H2,10,14)(H,11,15)(H,16,17). The normalized spacial score (nSPS) is 11.8. The summed E-state index contributed by atoms with van der Waals surface area (Å²) in [4.78, 5) is 33.5. The van der Waals surface area contributed by atoms with Crippen LogP contribution in [0.1, 0.15) is 28.2 Å². The second-order valence-electron chi connectivity index (χ2n) is 3.56. The summed E-state index contributed by atoms with van der Waals surface area (Å²) in [6.45, 7) is 1.59. The van der Waals surface area contributed by atoms with Crippen LogP contribution in [0.25, 0.3) is 0 Å². The monoisotopic (exact) mass is 272 g/mol. The van der Waals surface area contributed by atoms with Crippen molar-refractivity contribution in [2.75, 3.05) is 0 Å². The lowest BCUT2D eigenvalue weighted by molar-refractivity contribution is -0.139. The molecule has 4 N–H and O–H groups in total. The van der Waals surface area contributed by atoms with Gasteiger partial charge >= 0.3 is 5.97 Å². The van der Waals surface area contributed by atoms with Gasteiger partial charge in [-0.3, -0.25) is 9.59 Å². The highest BCUT2D eigenvalue weighted by Crippen LogP contribution is 2.09. The highest BCUT2D eigenvalue weighted by atomic mass is 32.1. The van der Waals surface area contributed by atoms with Crippen molar-refractivity contribution < 1.29 is 19.5 Å². The van der Waals surface area contributed by atoms with Gasteiger partial charge in [-0.2, -0.15) is 0 Å². The molecule has 1 aromatic heterocycles. The van der Waals surface area contributed by atoms with E-state index in [2.05, 4.69) is 14.9 Å². The van der Waals surface area contributed by atoms with Gasteiger partial charge in [0.05, 0.1) is 5.69 Å². The highest BCUT2D eigenvalue weighted by Gasteiger charge is 2.23. The van der Waals surface area contributed by atoms with Gasteiger partial charge in [-0.25, -0.2) is 4.79 Å². The maximum Gasteiger partial charge on any atom is 0.326 e. The Morgan fingerprint density at radius 1 is 1.50 bits per heavy atom. The predicted octanol–water partition coefficient (Wildman–Crippen LogP) is -0.705. The van der Waals surface area contributed by atoms with Crippen LogP contribution in [0.4, 0.5) is 0 Å². The molecule has 1 heterocycles. The molecule has 1 aromatic rings. The molecule has 2 amide bonds. The Kier molecular flexibility index (Phi) is 4.72. The first-order chi connectivity index (χ1) is 8.41. The number of nitrogens with zero attached hydrogens (tertiary/aromatic N) is 2. The molecule has 8 nitrogen and oxygen atoms in total. The second kappa shape index (κ2) is 6.05. The van der Waals surface area contributed by atoms with Crippen molar-refractivity contribution in [3.8, 4) is 0 Å². The van der Waals surface area contributed by atoms with Gasteiger partial charge in [0.25, 0.3) is 5.91 Å². The van der Waals surface area contributed by atoms with Crippen molar-refractivity contribution in [2.24, 2.45) is 5.73 Å². The van der Waals surface area contributed by atoms with Gasteiger partial charge in [0.15, 0.2) is 0 Å². The number of nitrogens with two attached hydrogens (primary N) is 1. The quantitative estimate of drug-likeness (QED) is 0.626. The van der Waals surface area contributed by atoms with E-state index in [9.17, 15) is 14.4 Å². The van der Waals surface area contributed by atoms with E-state index in [4.69, 9.17) is 10.8 Å². The first-order valence-electron chi connectivity index (χ1n) is 5.02. The fourth-order valence-electron chi connectivity index (χ4n) is 1.21. The molecule has 0 aliphatic carbocycles. The Labute approximate surface area is 106 Å². The Bertz CT molecular complexity index is 473. The van der Waals surface area contributed by atoms with E-state index in [0.717, 1.165) is 11.5 Å². The largest absolute Gasteiger partial charge is 0.480 e. The number of amides is 2. The number of primary amides is 1. The molecule has 0 radical (unpaired) electrons. The fraction of sp³-hybridized carbons (Fsp3) is 0.444. The molecule has 1 unspecified atom stereocenters. The minimum Gasteiger partial charge on any atom is -0.480 e. The van der Waals surface area contributed by atoms with Crippen LogP contribution in [-0.4, -0.2) is 38.5 Å². The van der Waals surface area contributed by atoms with Crippen molar-refractivity contribution in [3.05, 3.63) is 10.6 Å². The van der Waals surface area contributed by atoms with E-state index in [1.807, 2.05) is 0 Å². The van der Waals surface area contributed by atoms with Crippen LogP contribution < -0.4 is 11.1 Å². The van der Waals surface area contributed by atoms with Gasteiger partial charge in [0, 0.05) is 6.42 Å². The number of hydrogen-bond donors (Lipinski definition) is 3. The van der Waals surface area contributed by atoms with Gasteiger partial charge in [0.2, 0.25) is 5.91 Å². The number of carboxylic acid groups (broad SMARTS) is 1. The molecule has 1 rings (SSSR count). The number of aryl methyl sites for hydroxylation is 1. The Morgan fingerprint density at radius 2 is 2.17 bits per heavy atom. The fourth-order valence-corrected chi connectivity index (χ4v) is 1.77. The van der Waals surface area contributed by atoms with Crippen LogP contribution in [-0.2, 0) is 9.59 Å². The lowest BCUT2D eigenvalue weighted by Crippen LogP contribution is -2.41. The van der Waals surface area contributed by atoms with Gasteiger partial charge in [0.1, 0.15) is 10.9 Å². The average molecular weight is 272 g/mol. The van der Waals surface area contributed by atoms with Gasteiger partial charge in [-0.1, -0.05) is 4.49 Å². The topological polar surface area (TPSA) is 135 Å². The molecule has 0 saturated heterocycles. The van der Waals surface area contributed by atoms with Gasteiger partial charge in [-0.15, -0.1) is 5.10 Å². The van der Waals surface area contributed by atoms with Gasteiger partial charge < -0.3 is 16.2 Å². The number of hydrogen-bond acceptors (Lipinski definition) is 6. The van der Waals surface area contributed by atoms with Crippen LogP contribution in [0.5, 0.6) is 0 Å². The SMILES string of the molecule is Cc1nnsc1C(=O)NC(CCC(N)=O)C(=O)O. The van der Waals surface area contributed by atoms with Crippen LogP contribution in [0.15, 0.2) is 0 Å². The van der Waals surface area contributed by atoms with E-state index in [-0.39, 0.29) is 17.7 Å². The first-order valence-corrected chi connectivity index (χ1v) is 5.80. The van der Waals surface area contributed by atoms with Crippen LogP contribution in [0, 0.1) is 6.92 Å². The number of carbonyl (C=O) groups excluding carboxylic acids is 2. The first kappa shape index (κ1) is 14.0. The van der Waals surface area contributed by atoms with Crippen LogP contribution in [0.3, 0.4) is 0 Å². The summed E-state index contributed by atoms with van der Waals surface area (Å²) in [5, 5.41) is 14.9. The predicted molar refractivity (Wildman–Crippen MR) is 62.0 cm³/mol. The summed E-state index contributed by atoms with van der Waals surface area (Å²) in [6, 6.07) is -1.16. The molecule has 18 heavy (non-hydrogen) atoms. The molecular formula is C9H12N4O4S. The third-order valence-electron chi connectivity index (χ3n) is 2.14. The summed E-state index contributed by atoms with van der Waals surface area (Å²) in [5.74, 6) is -2.41. The van der Waals surface area contributed by atoms with E-state index in [0.29, 0.717) is 5.69 Å². The number of rotatable bonds is 6. The molecule has 0 aliphatic heterocycles. The van der Waals surface area contributed by atoms with Crippen molar-refractivity contribution >= 4 is 29.3 Å². The van der Waals surface area contributed by atoms with Gasteiger partial charge in [-0.05, 0) is 24.9 Å². The van der Waals surface area contributed by atoms with Crippen molar-refractivity contribution in [1.29, 1.82) is 0 Å². The minimum absolute atomic E-state index is 0.0539. The molecule has 9 heteroatoms. The number of aliphatic carboxylic acids is 1. The summed E-state index contributed by atoms with van der Waals surface area (Å²) in [6.07, 6.45) is -0.168. The van der Waals surface area contributed by atoms with Crippen molar-refractivity contribution in [1.82, 2.24) is 14.9 Å². The van der Waals surface area contributed by atoms with E-state index in [1.54, 1.807) is 6.92 Å². The van der Waals surface area contributed by atoms with E-state index >= 15 is 0 Å². The zero-order valence-electron chi connectivity index (χ0n) is 9.54. The van der Waals surface area contributed by atoms with E-state index in [1.165, 1.54) is 0 Å². The number of nitrogens with one attached hydrogen (secondary N) is 1. The molecule has 0 spiro atoms. The second-order valence-corrected chi connectivity index (χ2v) is 4.31. The number of carboxylic acids is 1. The highest BCUT2D eigenvalue weighted by molar-refractivity contribution is 7.08. The Hall–Kier alpha value is -2.03. The van der Waals surface area contributed by atoms with Crippen LogP contribution >= 0.6 is 11.5 Å². The number of carbonyl (C=O) groups is 3. The van der Waals surface area contributed by atoms with Crippen molar-refractivity contribution in [2.45, 2.75) is 25.8 Å².